The number of amides is 1. The largest absolute Gasteiger partial charge is 0.348 e. The van der Waals surface area contributed by atoms with Crippen LogP contribution in [0, 0.1) is 12.8 Å². The van der Waals surface area contributed by atoms with Gasteiger partial charge in [0.25, 0.3) is 0 Å². The minimum Gasteiger partial charge on any atom is -0.326 e. The van der Waals surface area contributed by atoms with Crippen molar-refractivity contribution in [2.45, 2.75) is 25.8 Å². The molecule has 1 aliphatic rings. The van der Waals surface area contributed by atoms with Gasteiger partial charge in [-0.25, -0.2) is 9.48 Å². The predicted octanol–water partition coefficient (Wildman–Crippen LogP) is 1.05. The van der Waals surface area contributed by atoms with Crippen molar-refractivity contribution >= 4 is 11.6 Å². The molecule has 2 N–H and O–H groups in total. The lowest BCUT2D eigenvalue weighted by Crippen LogP contribution is -2.36. The van der Waals surface area contributed by atoms with Crippen LogP contribution in [0.3, 0.4) is 0 Å². The van der Waals surface area contributed by atoms with Crippen LogP contribution >= 0.6 is 0 Å². The second-order valence-corrected chi connectivity index (χ2v) is 6.17. The Balaban J connectivity index is 1.38. The Morgan fingerprint density at radius 2 is 2.04 bits per heavy atom. The summed E-state index contributed by atoms with van der Waals surface area (Å²) in [6.45, 7) is 1.72. The summed E-state index contributed by atoms with van der Waals surface area (Å²) < 4.78 is 3.08. The molecule has 0 saturated heterocycles. The summed E-state index contributed by atoms with van der Waals surface area (Å²) >= 11 is 0. The number of aromatic amines is 1. The molecule has 2 aromatic heterocycles. The topological polar surface area (TPSA) is 110 Å². The number of nitrogens with one attached hydrogen (secondary N) is 2. The lowest BCUT2D eigenvalue weighted by Gasteiger charge is -2.33. The maximum atomic E-state index is 12.3. The summed E-state index contributed by atoms with van der Waals surface area (Å²) in [6, 6.07) is 7.26. The van der Waals surface area contributed by atoms with Crippen LogP contribution in [0.5, 0.6) is 0 Å². The van der Waals surface area contributed by atoms with E-state index in [1.54, 1.807) is 42.1 Å². The highest BCUT2D eigenvalue weighted by atomic mass is 16.2. The smallest absolute Gasteiger partial charge is 0.326 e. The number of carbonyl (C=O) groups excluding carboxylic acids is 1. The van der Waals surface area contributed by atoms with Crippen LogP contribution < -0.4 is 11.0 Å². The highest BCUT2D eigenvalue weighted by Crippen LogP contribution is 2.37. The Bertz CT molecular complexity index is 934. The van der Waals surface area contributed by atoms with Crippen molar-refractivity contribution in [3.05, 3.63) is 53.0 Å². The Kier molecular flexibility index (Phi) is 3.68. The quantitative estimate of drug-likeness (QED) is 0.738. The predicted molar refractivity (Wildman–Crippen MR) is 89.3 cm³/mol. The number of hydrogen-bond donors (Lipinski definition) is 2. The van der Waals surface area contributed by atoms with Crippen LogP contribution in [0.1, 0.15) is 24.7 Å². The van der Waals surface area contributed by atoms with Crippen molar-refractivity contribution in [3.8, 4) is 5.69 Å². The van der Waals surface area contributed by atoms with Crippen LogP contribution in [-0.4, -0.2) is 35.7 Å². The van der Waals surface area contributed by atoms with Crippen LogP contribution in [0.15, 0.2) is 41.5 Å². The van der Waals surface area contributed by atoms with Gasteiger partial charge in [-0.3, -0.25) is 9.78 Å². The molecule has 0 bridgehead atoms. The molecule has 0 unspecified atom stereocenters. The van der Waals surface area contributed by atoms with Gasteiger partial charge >= 0.3 is 5.69 Å². The molecule has 1 aromatic carbocycles. The average Bonchev–Trinajstić information content (AvgIpc) is 3.16. The third kappa shape index (κ3) is 2.95. The van der Waals surface area contributed by atoms with Crippen molar-refractivity contribution in [2.75, 3.05) is 5.32 Å². The first-order valence-corrected chi connectivity index (χ1v) is 8.03. The van der Waals surface area contributed by atoms with Crippen molar-refractivity contribution in [1.29, 1.82) is 0 Å². The van der Waals surface area contributed by atoms with Crippen molar-refractivity contribution in [3.63, 3.8) is 0 Å². The molecule has 0 aliphatic heterocycles. The zero-order valence-electron chi connectivity index (χ0n) is 13.6. The molecule has 9 heteroatoms. The average molecular weight is 339 g/mol. The molecule has 9 nitrogen and oxygen atoms in total. The number of nitrogens with zero attached hydrogens (tertiary/aromatic N) is 5. The van der Waals surface area contributed by atoms with Crippen LogP contribution in [0.25, 0.3) is 5.69 Å². The Morgan fingerprint density at radius 1 is 1.28 bits per heavy atom. The van der Waals surface area contributed by atoms with Gasteiger partial charge in [0.1, 0.15) is 5.82 Å². The standard InChI is InChI=1S/C16H17N7O2/c1-10-18-16(25)23(20-10)13-4-2-12(3-5-13)19-15(24)11-8-14(9-11)22-7-6-17-21-22/h2-7,11,14H,8-9H2,1H3,(H,19,24)(H,18,20,25). The molecule has 4 rings (SSSR count). The molecule has 1 fully saturated rings. The Hall–Kier alpha value is -3.23. The second-order valence-electron chi connectivity index (χ2n) is 6.17. The minimum absolute atomic E-state index is 0.00287. The zero-order chi connectivity index (χ0) is 17.4. The molecule has 0 radical (unpaired) electrons. The maximum Gasteiger partial charge on any atom is 0.348 e. The molecule has 1 amide bonds. The van der Waals surface area contributed by atoms with Gasteiger partial charge in [-0.1, -0.05) is 5.21 Å². The summed E-state index contributed by atoms with van der Waals surface area (Å²) in [5.41, 5.74) is 1.04. The molecular weight excluding hydrogens is 322 g/mol. The maximum absolute atomic E-state index is 12.3. The Morgan fingerprint density at radius 3 is 2.64 bits per heavy atom. The molecule has 25 heavy (non-hydrogen) atoms. The van der Waals surface area contributed by atoms with Crippen LogP contribution in [0.4, 0.5) is 5.69 Å². The van der Waals surface area contributed by atoms with E-state index in [-0.39, 0.29) is 23.6 Å². The highest BCUT2D eigenvalue weighted by molar-refractivity contribution is 5.93. The number of aromatic nitrogens is 6. The SMILES string of the molecule is Cc1nn(-c2ccc(NC(=O)C3CC(n4ccnn4)C3)cc2)c(=O)[nH]1. The van der Waals surface area contributed by atoms with E-state index in [0.29, 0.717) is 17.2 Å². The molecule has 1 aliphatic carbocycles. The van der Waals surface area contributed by atoms with Gasteiger partial charge in [0.15, 0.2) is 0 Å². The third-order valence-electron chi connectivity index (χ3n) is 4.41. The summed E-state index contributed by atoms with van der Waals surface area (Å²) in [5.74, 6) is 0.525. The van der Waals surface area contributed by atoms with Crippen molar-refractivity contribution < 1.29 is 4.79 Å². The number of H-pyrrole nitrogens is 1. The monoisotopic (exact) mass is 339 g/mol. The zero-order valence-corrected chi connectivity index (χ0v) is 13.6. The summed E-state index contributed by atoms with van der Waals surface area (Å²) in [4.78, 5) is 26.6. The van der Waals surface area contributed by atoms with Crippen molar-refractivity contribution in [1.82, 2.24) is 29.8 Å². The van der Waals surface area contributed by atoms with Crippen LogP contribution in [0.2, 0.25) is 0 Å². The lowest BCUT2D eigenvalue weighted by atomic mass is 9.79. The van der Waals surface area contributed by atoms with Gasteiger partial charge in [0.2, 0.25) is 5.91 Å². The summed E-state index contributed by atoms with van der Waals surface area (Å²) in [6.07, 6.45) is 4.97. The second kappa shape index (κ2) is 6.00. The van der Waals surface area contributed by atoms with Gasteiger partial charge in [-0.15, -0.1) is 5.10 Å². The first-order valence-electron chi connectivity index (χ1n) is 8.03. The molecule has 0 atom stereocenters. The van der Waals surface area contributed by atoms with Gasteiger partial charge in [0, 0.05) is 17.8 Å². The molecule has 128 valence electrons. The van der Waals surface area contributed by atoms with Gasteiger partial charge < -0.3 is 5.32 Å². The molecule has 3 aromatic rings. The lowest BCUT2D eigenvalue weighted by molar-refractivity contribution is -0.123. The van der Waals surface area contributed by atoms with E-state index in [1.807, 2.05) is 6.20 Å². The van der Waals surface area contributed by atoms with Crippen molar-refractivity contribution in [2.24, 2.45) is 5.92 Å². The van der Waals surface area contributed by atoms with Gasteiger partial charge in [-0.05, 0) is 44.0 Å². The Labute approximate surface area is 142 Å². The fourth-order valence-electron chi connectivity index (χ4n) is 2.96. The fraction of sp³-hybridized carbons (Fsp3) is 0.312. The number of benzene rings is 1. The molecule has 1 saturated carbocycles. The number of hydrogen-bond acceptors (Lipinski definition) is 5. The number of aryl methyl sites for hydroxylation is 1. The number of rotatable bonds is 4. The van der Waals surface area contributed by atoms with E-state index < -0.39 is 0 Å². The summed E-state index contributed by atoms with van der Waals surface area (Å²) in [7, 11) is 0. The van der Waals surface area contributed by atoms with E-state index in [9.17, 15) is 9.59 Å². The molecule has 2 heterocycles. The van der Waals surface area contributed by atoms with Gasteiger partial charge in [0.05, 0.1) is 17.9 Å². The molecular formula is C16H17N7O2. The number of carbonyl (C=O) groups is 1. The fourth-order valence-corrected chi connectivity index (χ4v) is 2.96. The summed E-state index contributed by atoms with van der Waals surface area (Å²) in [5, 5.41) is 14.8. The normalized spacial score (nSPS) is 19.4. The first kappa shape index (κ1) is 15.3. The first-order chi connectivity index (χ1) is 12.1. The minimum atomic E-state index is -0.289. The molecule has 0 spiro atoms. The highest BCUT2D eigenvalue weighted by Gasteiger charge is 2.36. The third-order valence-corrected chi connectivity index (χ3v) is 4.41. The van der Waals surface area contributed by atoms with E-state index in [0.717, 1.165) is 12.8 Å². The van der Waals surface area contributed by atoms with Gasteiger partial charge in [-0.2, -0.15) is 9.78 Å². The van der Waals surface area contributed by atoms with E-state index in [1.165, 1.54) is 4.68 Å². The van der Waals surface area contributed by atoms with Crippen LogP contribution in [-0.2, 0) is 4.79 Å². The van der Waals surface area contributed by atoms with E-state index in [2.05, 4.69) is 25.7 Å². The van der Waals surface area contributed by atoms with E-state index >= 15 is 0 Å². The number of anilines is 1. The van der Waals surface area contributed by atoms with E-state index in [4.69, 9.17) is 0 Å².